The van der Waals surface area contributed by atoms with Gasteiger partial charge in [0.2, 0.25) is 5.91 Å². The molecule has 1 heterocycles. The van der Waals surface area contributed by atoms with Gasteiger partial charge in [-0.25, -0.2) is 4.79 Å². The number of nitrogens with one attached hydrogen (secondary N) is 2. The molecule has 1 aromatic carbocycles. The number of carbonyl (C=O) groups is 2. The van der Waals surface area contributed by atoms with Gasteiger partial charge in [-0.3, -0.25) is 14.4 Å². The van der Waals surface area contributed by atoms with Gasteiger partial charge in [0.15, 0.2) is 0 Å². The molecule has 0 bridgehead atoms. The zero-order valence-electron chi connectivity index (χ0n) is 15.4. The minimum atomic E-state index is -0.320. The third kappa shape index (κ3) is 5.81. The normalized spacial score (nSPS) is 15.3. The fourth-order valence-corrected chi connectivity index (χ4v) is 3.25. The highest BCUT2D eigenvalue weighted by molar-refractivity contribution is 5.89. The second kappa shape index (κ2) is 9.71. The van der Waals surface area contributed by atoms with Crippen molar-refractivity contribution in [3.05, 3.63) is 60.2 Å². The quantitative estimate of drug-likeness (QED) is 0.849. The van der Waals surface area contributed by atoms with Crippen LogP contribution in [-0.2, 0) is 0 Å². The van der Waals surface area contributed by atoms with Gasteiger partial charge in [-0.2, -0.15) is 0 Å². The molecule has 1 saturated carbocycles. The smallest absolute Gasteiger partial charge is 0.319 e. The minimum absolute atomic E-state index is 0.0785. The third-order valence-corrected chi connectivity index (χ3v) is 4.65. The molecule has 142 valence electrons. The predicted octanol–water partition coefficient (Wildman–Crippen LogP) is 3.57. The van der Waals surface area contributed by atoms with Crippen LogP contribution < -0.4 is 16.1 Å². The summed E-state index contributed by atoms with van der Waals surface area (Å²) in [5.74, 6) is -0.0785. The summed E-state index contributed by atoms with van der Waals surface area (Å²) in [6.45, 7) is 0.266. The lowest BCUT2D eigenvalue weighted by Gasteiger charge is -2.17. The number of carbonyl (C=O) groups excluding carboxylic acids is 2. The number of para-hydroxylation sites is 1. The molecule has 0 unspecified atom stereocenters. The molecule has 3 rings (SSSR count). The summed E-state index contributed by atoms with van der Waals surface area (Å²) in [5.41, 5.74) is 1.41. The first-order valence-electron chi connectivity index (χ1n) is 9.57. The van der Waals surface area contributed by atoms with Crippen LogP contribution in [0.25, 0.3) is 0 Å². The van der Waals surface area contributed by atoms with Crippen LogP contribution in [0, 0.1) is 0 Å². The maximum atomic E-state index is 12.6. The molecule has 0 radical (unpaired) electrons. The Balaban J connectivity index is 1.55. The van der Waals surface area contributed by atoms with Gasteiger partial charge in [0.25, 0.3) is 0 Å². The van der Waals surface area contributed by atoms with Crippen molar-refractivity contribution in [3.8, 4) is 0 Å². The molecule has 27 heavy (non-hydrogen) atoms. The van der Waals surface area contributed by atoms with Gasteiger partial charge in [-0.1, -0.05) is 43.5 Å². The molecule has 1 aliphatic carbocycles. The summed E-state index contributed by atoms with van der Waals surface area (Å²) >= 11 is 0. The number of hydrogen-bond acceptors (Lipinski definition) is 3. The number of urea groups is 1. The molecule has 1 aromatic heterocycles. The number of rotatable bonds is 5. The zero-order valence-corrected chi connectivity index (χ0v) is 15.4. The summed E-state index contributed by atoms with van der Waals surface area (Å²) in [5, 5.41) is 5.45. The van der Waals surface area contributed by atoms with E-state index in [2.05, 4.69) is 10.6 Å². The number of nitrogens with zero attached hydrogens (tertiary/aromatic N) is 2. The van der Waals surface area contributed by atoms with Crippen LogP contribution in [-0.4, -0.2) is 29.1 Å². The number of hydrogen-bond donors (Lipinski definition) is 2. The molecule has 0 atom stereocenters. The Bertz CT molecular complexity index is 823. The third-order valence-electron chi connectivity index (χ3n) is 4.65. The summed E-state index contributed by atoms with van der Waals surface area (Å²) in [6, 6.07) is 14.8. The summed E-state index contributed by atoms with van der Waals surface area (Å²) < 4.78 is 1.59. The van der Waals surface area contributed by atoms with Crippen molar-refractivity contribution < 1.29 is 9.59 Å². The zero-order chi connectivity index (χ0) is 18.9. The number of pyridine rings is 1. The van der Waals surface area contributed by atoms with Crippen LogP contribution in [0.2, 0.25) is 0 Å². The maximum absolute atomic E-state index is 12.6. The first kappa shape index (κ1) is 18.9. The summed E-state index contributed by atoms with van der Waals surface area (Å²) in [4.78, 5) is 29.3. The lowest BCUT2D eigenvalue weighted by molar-refractivity contribution is 0.0898. The molecular weight excluding hydrogens is 340 g/mol. The van der Waals surface area contributed by atoms with Crippen molar-refractivity contribution in [1.29, 1.82) is 0 Å². The topological polar surface area (TPSA) is 75.5 Å². The highest BCUT2D eigenvalue weighted by Gasteiger charge is 2.13. The van der Waals surface area contributed by atoms with Gasteiger partial charge in [-0.05, 0) is 37.1 Å². The minimum Gasteiger partial charge on any atom is -0.337 e. The molecule has 0 saturated heterocycles. The average molecular weight is 366 g/mol. The van der Waals surface area contributed by atoms with Crippen molar-refractivity contribution >= 4 is 17.6 Å². The van der Waals surface area contributed by atoms with Crippen molar-refractivity contribution in [2.45, 2.75) is 44.6 Å². The summed E-state index contributed by atoms with van der Waals surface area (Å²) in [6.07, 6.45) is 7.81. The molecule has 0 aliphatic heterocycles. The highest BCUT2D eigenvalue weighted by Crippen LogP contribution is 2.19. The van der Waals surface area contributed by atoms with Gasteiger partial charge in [0.05, 0.1) is 6.04 Å². The Hall–Kier alpha value is -2.89. The van der Waals surface area contributed by atoms with E-state index in [9.17, 15) is 9.59 Å². The van der Waals surface area contributed by atoms with Crippen LogP contribution in [0.1, 0.15) is 43.3 Å². The number of amides is 2. The maximum Gasteiger partial charge on any atom is 0.319 e. The molecule has 1 fully saturated rings. The Morgan fingerprint density at radius 3 is 2.52 bits per heavy atom. The van der Waals surface area contributed by atoms with Crippen LogP contribution >= 0.6 is 0 Å². The number of aromatic nitrogens is 1. The standard InChI is InChI=1S/C21H26N4O2/c26-20(14-15-22-21(27)24-18-11-5-2-6-12-18)25-16-8-7-13-19(25)23-17-9-3-1-4-10-17/h2,5-8,11-13,16-17H,1,3-4,9-10,14-15H2,(H2,22,24,27). The molecule has 6 nitrogen and oxygen atoms in total. The molecule has 6 heteroatoms. The van der Waals surface area contributed by atoms with Crippen molar-refractivity contribution in [2.24, 2.45) is 4.99 Å². The predicted molar refractivity (Wildman–Crippen MR) is 106 cm³/mol. The van der Waals surface area contributed by atoms with E-state index >= 15 is 0 Å². The fourth-order valence-electron chi connectivity index (χ4n) is 3.25. The first-order chi connectivity index (χ1) is 13.2. The van der Waals surface area contributed by atoms with Crippen LogP contribution in [0.15, 0.2) is 59.7 Å². The van der Waals surface area contributed by atoms with E-state index in [1.165, 1.54) is 19.3 Å². The second-order valence-electron chi connectivity index (χ2n) is 6.74. The molecule has 0 spiro atoms. The van der Waals surface area contributed by atoms with Crippen molar-refractivity contribution in [3.63, 3.8) is 0 Å². The summed E-state index contributed by atoms with van der Waals surface area (Å²) in [7, 11) is 0. The van der Waals surface area contributed by atoms with E-state index < -0.39 is 0 Å². The van der Waals surface area contributed by atoms with Crippen LogP contribution in [0.4, 0.5) is 10.5 Å². The Morgan fingerprint density at radius 2 is 1.74 bits per heavy atom. The molecule has 2 aromatic rings. The lowest BCUT2D eigenvalue weighted by atomic mass is 9.96. The fraction of sp³-hybridized carbons (Fsp3) is 0.381. The molecule has 1 aliphatic rings. The highest BCUT2D eigenvalue weighted by atomic mass is 16.2. The van der Waals surface area contributed by atoms with E-state index in [-0.39, 0.29) is 24.9 Å². The molecular formula is C21H26N4O2. The van der Waals surface area contributed by atoms with Crippen LogP contribution in [0.5, 0.6) is 0 Å². The van der Waals surface area contributed by atoms with Gasteiger partial charge in [0.1, 0.15) is 5.49 Å². The van der Waals surface area contributed by atoms with E-state index in [4.69, 9.17) is 4.99 Å². The van der Waals surface area contributed by atoms with E-state index in [1.54, 1.807) is 10.8 Å². The average Bonchev–Trinajstić information content (AvgIpc) is 2.70. The van der Waals surface area contributed by atoms with E-state index in [1.807, 2.05) is 48.5 Å². The van der Waals surface area contributed by atoms with E-state index in [0.717, 1.165) is 12.8 Å². The van der Waals surface area contributed by atoms with Gasteiger partial charge < -0.3 is 10.6 Å². The Labute approximate surface area is 159 Å². The van der Waals surface area contributed by atoms with Gasteiger partial charge in [-0.15, -0.1) is 0 Å². The number of benzene rings is 1. The Kier molecular flexibility index (Phi) is 6.79. The second-order valence-corrected chi connectivity index (χ2v) is 6.74. The Morgan fingerprint density at radius 1 is 1.00 bits per heavy atom. The van der Waals surface area contributed by atoms with Crippen molar-refractivity contribution in [2.75, 3.05) is 11.9 Å². The van der Waals surface area contributed by atoms with Gasteiger partial charge >= 0.3 is 6.03 Å². The number of anilines is 1. The lowest BCUT2D eigenvalue weighted by Crippen LogP contribution is -2.34. The monoisotopic (exact) mass is 366 g/mol. The van der Waals surface area contributed by atoms with E-state index in [0.29, 0.717) is 17.2 Å². The SMILES string of the molecule is O=C(NCCC(=O)n1ccccc1=NC1CCCCC1)Nc1ccccc1. The van der Waals surface area contributed by atoms with Crippen molar-refractivity contribution in [1.82, 2.24) is 9.88 Å². The molecule has 2 amide bonds. The van der Waals surface area contributed by atoms with Crippen LogP contribution in [0.3, 0.4) is 0 Å². The largest absolute Gasteiger partial charge is 0.337 e. The first-order valence-corrected chi connectivity index (χ1v) is 9.57. The molecule has 2 N–H and O–H groups in total. The van der Waals surface area contributed by atoms with Gasteiger partial charge in [0, 0.05) is 24.8 Å².